The van der Waals surface area contributed by atoms with Gasteiger partial charge in [-0.25, -0.2) is 0 Å². The van der Waals surface area contributed by atoms with E-state index in [9.17, 15) is 0 Å². The Morgan fingerprint density at radius 1 is 1.12 bits per heavy atom. The molecule has 32 heavy (non-hydrogen) atoms. The molecule has 2 aromatic rings. The van der Waals surface area contributed by atoms with Gasteiger partial charge in [0, 0.05) is 48.2 Å². The quantitative estimate of drug-likeness (QED) is 0.337. The summed E-state index contributed by atoms with van der Waals surface area (Å²) in [6, 6.07) is 6.73. The standard InChI is InChI=1S/C27H40N4S/c1-6-10-11-21(7-2)17-31-18-23-14-22(15-28-27(23)19-31)20(5)30-25(8-3)26-13-12-24(16-29-26)32-9-4/h12-16,21,25,30H,5-11,17-19H2,1-4H3. The molecule has 174 valence electrons. The number of hydrogen-bond donors (Lipinski definition) is 1. The third-order valence-electron chi connectivity index (χ3n) is 6.42. The van der Waals surface area contributed by atoms with Crippen LogP contribution in [0.2, 0.25) is 0 Å². The van der Waals surface area contributed by atoms with Gasteiger partial charge in [0.25, 0.3) is 0 Å². The van der Waals surface area contributed by atoms with E-state index < -0.39 is 0 Å². The average Bonchev–Trinajstić information content (AvgIpc) is 3.22. The van der Waals surface area contributed by atoms with Gasteiger partial charge in [0.05, 0.1) is 17.4 Å². The highest BCUT2D eigenvalue weighted by molar-refractivity contribution is 7.99. The first-order chi connectivity index (χ1) is 15.6. The van der Waals surface area contributed by atoms with E-state index in [1.807, 2.05) is 24.2 Å². The van der Waals surface area contributed by atoms with Gasteiger partial charge in [-0.15, -0.1) is 11.8 Å². The van der Waals surface area contributed by atoms with Crippen molar-refractivity contribution < 1.29 is 0 Å². The number of hydrogen-bond acceptors (Lipinski definition) is 5. The lowest BCUT2D eigenvalue weighted by atomic mass is 9.99. The topological polar surface area (TPSA) is 41.1 Å². The molecule has 3 heterocycles. The predicted octanol–water partition coefficient (Wildman–Crippen LogP) is 6.83. The van der Waals surface area contributed by atoms with Crippen molar-refractivity contribution in [3.8, 4) is 0 Å². The maximum absolute atomic E-state index is 4.80. The zero-order chi connectivity index (χ0) is 22.9. The Morgan fingerprint density at radius 3 is 2.62 bits per heavy atom. The highest BCUT2D eigenvalue weighted by Crippen LogP contribution is 2.27. The minimum absolute atomic E-state index is 0.150. The van der Waals surface area contributed by atoms with E-state index >= 15 is 0 Å². The average molecular weight is 453 g/mol. The summed E-state index contributed by atoms with van der Waals surface area (Å²) < 4.78 is 0. The molecule has 0 spiro atoms. The second-order valence-electron chi connectivity index (χ2n) is 8.85. The number of nitrogens with one attached hydrogen (secondary N) is 1. The number of rotatable bonds is 13. The van der Waals surface area contributed by atoms with Crippen LogP contribution in [-0.2, 0) is 13.1 Å². The smallest absolute Gasteiger partial charge is 0.0682 e. The van der Waals surface area contributed by atoms with Crippen LogP contribution in [0.4, 0.5) is 0 Å². The first kappa shape index (κ1) is 24.8. The van der Waals surface area contributed by atoms with Gasteiger partial charge in [-0.3, -0.25) is 14.9 Å². The Hall–Kier alpha value is -1.85. The number of thioether (sulfide) groups is 1. The molecule has 1 aliphatic rings. The molecule has 0 aromatic carbocycles. The highest BCUT2D eigenvalue weighted by Gasteiger charge is 2.23. The van der Waals surface area contributed by atoms with E-state index in [0.29, 0.717) is 0 Å². The lowest BCUT2D eigenvalue weighted by Gasteiger charge is -2.22. The Kier molecular flexibility index (Phi) is 9.61. The van der Waals surface area contributed by atoms with Crippen molar-refractivity contribution >= 4 is 17.5 Å². The van der Waals surface area contributed by atoms with Crippen LogP contribution in [0.15, 0.2) is 42.1 Å². The van der Waals surface area contributed by atoms with Crippen LogP contribution in [-0.4, -0.2) is 27.2 Å². The first-order valence-corrected chi connectivity index (χ1v) is 13.3. The Morgan fingerprint density at radius 2 is 1.97 bits per heavy atom. The van der Waals surface area contributed by atoms with Crippen LogP contribution in [0.3, 0.4) is 0 Å². The van der Waals surface area contributed by atoms with Gasteiger partial charge < -0.3 is 5.32 Å². The third kappa shape index (κ3) is 6.58. The van der Waals surface area contributed by atoms with Gasteiger partial charge in [-0.1, -0.05) is 53.5 Å². The zero-order valence-electron chi connectivity index (χ0n) is 20.4. The lowest BCUT2D eigenvalue weighted by Crippen LogP contribution is -2.24. The minimum atomic E-state index is 0.150. The summed E-state index contributed by atoms with van der Waals surface area (Å²) >= 11 is 1.82. The maximum atomic E-state index is 4.80. The van der Waals surface area contributed by atoms with Gasteiger partial charge in [0.2, 0.25) is 0 Å². The van der Waals surface area contributed by atoms with Crippen LogP contribution in [0.25, 0.3) is 5.70 Å². The van der Waals surface area contributed by atoms with Crippen molar-refractivity contribution in [3.63, 3.8) is 0 Å². The van der Waals surface area contributed by atoms with Crippen molar-refractivity contribution in [2.45, 2.75) is 83.8 Å². The Labute approximate surface area is 199 Å². The summed E-state index contributed by atoms with van der Waals surface area (Å²) in [7, 11) is 0. The molecule has 2 unspecified atom stereocenters. The van der Waals surface area contributed by atoms with Gasteiger partial charge >= 0.3 is 0 Å². The van der Waals surface area contributed by atoms with E-state index in [1.165, 1.54) is 48.4 Å². The number of fused-ring (bicyclic) bond motifs is 1. The van der Waals surface area contributed by atoms with Gasteiger partial charge in [0.1, 0.15) is 0 Å². The zero-order valence-corrected chi connectivity index (χ0v) is 21.2. The molecule has 1 aliphatic heterocycles. The molecule has 2 atom stereocenters. The molecular weight excluding hydrogens is 412 g/mol. The molecule has 2 aromatic heterocycles. The van der Waals surface area contributed by atoms with E-state index in [1.54, 1.807) is 0 Å². The summed E-state index contributed by atoms with van der Waals surface area (Å²) in [6.45, 7) is 16.4. The Balaban J connectivity index is 1.61. The maximum Gasteiger partial charge on any atom is 0.0682 e. The predicted molar refractivity (Wildman–Crippen MR) is 137 cm³/mol. The lowest BCUT2D eigenvalue weighted by molar-refractivity contribution is 0.222. The van der Waals surface area contributed by atoms with Crippen molar-refractivity contribution in [1.29, 1.82) is 0 Å². The Bertz CT molecular complexity index is 864. The molecule has 4 nitrogen and oxygen atoms in total. The molecule has 0 bridgehead atoms. The second kappa shape index (κ2) is 12.4. The van der Waals surface area contributed by atoms with Crippen LogP contribution in [0.5, 0.6) is 0 Å². The number of pyridine rings is 2. The summed E-state index contributed by atoms with van der Waals surface area (Å²) in [5.74, 6) is 1.86. The second-order valence-corrected chi connectivity index (χ2v) is 10.2. The molecule has 0 saturated heterocycles. The van der Waals surface area contributed by atoms with Gasteiger partial charge in [0.15, 0.2) is 0 Å². The number of nitrogens with zero attached hydrogens (tertiary/aromatic N) is 3. The van der Waals surface area contributed by atoms with Crippen molar-refractivity contribution in [2.24, 2.45) is 5.92 Å². The molecule has 0 fully saturated rings. The van der Waals surface area contributed by atoms with E-state index in [-0.39, 0.29) is 6.04 Å². The van der Waals surface area contributed by atoms with E-state index in [2.05, 4.69) is 62.7 Å². The van der Waals surface area contributed by atoms with Crippen molar-refractivity contribution in [1.82, 2.24) is 20.2 Å². The van der Waals surface area contributed by atoms with E-state index in [0.717, 1.165) is 48.1 Å². The number of unbranched alkanes of at least 4 members (excludes halogenated alkanes) is 1. The SMILES string of the molecule is C=C(NC(CC)c1ccc(SCC)cn1)c1cnc2c(c1)CN(CC(CC)CCCC)C2. The molecule has 5 heteroatoms. The first-order valence-electron chi connectivity index (χ1n) is 12.3. The molecular formula is C27H40N4S. The summed E-state index contributed by atoms with van der Waals surface area (Å²) in [5.41, 5.74) is 5.65. The summed E-state index contributed by atoms with van der Waals surface area (Å²) in [4.78, 5) is 13.3. The van der Waals surface area contributed by atoms with Crippen LogP contribution in [0.1, 0.15) is 88.4 Å². The molecule has 0 radical (unpaired) electrons. The van der Waals surface area contributed by atoms with Crippen LogP contribution in [0, 0.1) is 5.92 Å². The van der Waals surface area contributed by atoms with Crippen molar-refractivity contribution in [3.05, 3.63) is 59.7 Å². The van der Waals surface area contributed by atoms with Gasteiger partial charge in [-0.2, -0.15) is 0 Å². The minimum Gasteiger partial charge on any atom is -0.377 e. The molecule has 0 amide bonds. The fraction of sp³-hybridized carbons (Fsp3) is 0.556. The van der Waals surface area contributed by atoms with Gasteiger partial charge in [-0.05, 0) is 48.3 Å². The fourth-order valence-corrected chi connectivity index (χ4v) is 5.06. The van der Waals surface area contributed by atoms with Crippen LogP contribution >= 0.6 is 11.8 Å². The normalized spacial score (nSPS) is 15.4. The largest absolute Gasteiger partial charge is 0.377 e. The molecule has 0 aliphatic carbocycles. The highest BCUT2D eigenvalue weighted by atomic mass is 32.2. The molecule has 0 saturated carbocycles. The summed E-state index contributed by atoms with van der Waals surface area (Å²) in [6.07, 6.45) is 10.1. The fourth-order valence-electron chi connectivity index (χ4n) is 4.43. The van der Waals surface area contributed by atoms with Crippen LogP contribution < -0.4 is 5.32 Å². The summed E-state index contributed by atoms with van der Waals surface area (Å²) in [5, 5.41) is 3.60. The molecule has 3 rings (SSSR count). The van der Waals surface area contributed by atoms with E-state index in [4.69, 9.17) is 9.97 Å². The third-order valence-corrected chi connectivity index (χ3v) is 7.28. The monoisotopic (exact) mass is 452 g/mol. The number of aromatic nitrogens is 2. The van der Waals surface area contributed by atoms with Crippen molar-refractivity contribution in [2.75, 3.05) is 12.3 Å². The molecule has 1 N–H and O–H groups in total.